The Labute approximate surface area is 113 Å². The fraction of sp³-hybridized carbons (Fsp3) is 0.308. The van der Waals surface area contributed by atoms with E-state index in [1.54, 1.807) is 11.0 Å². The Morgan fingerprint density at radius 1 is 1.17 bits per heavy atom. The molecular weight excluding hydrogens is 302 g/mol. The molecule has 1 heterocycles. The van der Waals surface area contributed by atoms with Gasteiger partial charge in [0.25, 0.3) is 6.43 Å². The summed E-state index contributed by atoms with van der Waals surface area (Å²) >= 11 is 3.27. The van der Waals surface area contributed by atoms with Gasteiger partial charge in [0.05, 0.1) is 12.1 Å². The van der Waals surface area contributed by atoms with E-state index in [1.807, 2.05) is 30.3 Å². The van der Waals surface area contributed by atoms with Crippen LogP contribution in [0.4, 0.5) is 14.6 Å². The van der Waals surface area contributed by atoms with E-state index in [0.717, 1.165) is 10.9 Å². The van der Waals surface area contributed by atoms with E-state index >= 15 is 0 Å². The lowest BCUT2D eigenvalue weighted by atomic mass is 10.2. The summed E-state index contributed by atoms with van der Waals surface area (Å²) in [6.45, 7) is 0.215. The average molecular weight is 315 g/mol. The highest BCUT2D eigenvalue weighted by molar-refractivity contribution is 9.09. The van der Waals surface area contributed by atoms with Gasteiger partial charge in [0.2, 0.25) is 0 Å². The van der Waals surface area contributed by atoms with E-state index < -0.39 is 6.43 Å². The normalized spacial score (nSPS) is 11.1. The van der Waals surface area contributed by atoms with Crippen LogP contribution < -0.4 is 4.90 Å². The lowest BCUT2D eigenvalue weighted by molar-refractivity contribution is 0.155. The van der Waals surface area contributed by atoms with Crippen LogP contribution in [0.25, 0.3) is 10.9 Å². The maximum Gasteiger partial charge on any atom is 0.255 e. The van der Waals surface area contributed by atoms with Crippen LogP contribution in [-0.2, 0) is 0 Å². The van der Waals surface area contributed by atoms with Crippen molar-refractivity contribution >= 4 is 32.7 Å². The van der Waals surface area contributed by atoms with Crippen molar-refractivity contribution in [3.8, 4) is 0 Å². The van der Waals surface area contributed by atoms with Crippen LogP contribution in [0.3, 0.4) is 0 Å². The van der Waals surface area contributed by atoms with Crippen LogP contribution in [0.1, 0.15) is 0 Å². The summed E-state index contributed by atoms with van der Waals surface area (Å²) in [7, 11) is 0. The van der Waals surface area contributed by atoms with E-state index in [1.165, 1.54) is 0 Å². The number of fused-ring (bicyclic) bond motifs is 1. The number of hydrogen-bond acceptors (Lipinski definition) is 2. The van der Waals surface area contributed by atoms with E-state index in [0.29, 0.717) is 17.7 Å². The summed E-state index contributed by atoms with van der Waals surface area (Å²) < 4.78 is 25.0. The van der Waals surface area contributed by atoms with Gasteiger partial charge in [-0.05, 0) is 18.2 Å². The molecular formula is C13H13BrF2N2. The van der Waals surface area contributed by atoms with Gasteiger partial charge in [0.15, 0.2) is 0 Å². The number of nitrogens with zero attached hydrogens (tertiary/aromatic N) is 2. The molecule has 96 valence electrons. The molecule has 0 aliphatic heterocycles. The third-order valence-electron chi connectivity index (χ3n) is 2.62. The summed E-state index contributed by atoms with van der Waals surface area (Å²) in [4.78, 5) is 6.01. The zero-order valence-corrected chi connectivity index (χ0v) is 11.3. The lowest BCUT2D eigenvalue weighted by Gasteiger charge is -2.22. The number of aromatic nitrogens is 1. The predicted octanol–water partition coefficient (Wildman–Crippen LogP) is 3.70. The molecule has 0 aliphatic rings. The van der Waals surface area contributed by atoms with Gasteiger partial charge >= 0.3 is 0 Å². The summed E-state index contributed by atoms with van der Waals surface area (Å²) in [5.74, 6) is 0.591. The quantitative estimate of drug-likeness (QED) is 0.782. The summed E-state index contributed by atoms with van der Waals surface area (Å²) in [5, 5.41) is 1.64. The molecule has 18 heavy (non-hydrogen) atoms. The van der Waals surface area contributed by atoms with Gasteiger partial charge < -0.3 is 4.90 Å². The minimum absolute atomic E-state index is 0.295. The largest absolute Gasteiger partial charge is 0.350 e. The molecule has 0 radical (unpaired) electrons. The van der Waals surface area contributed by atoms with Crippen LogP contribution in [0.15, 0.2) is 36.4 Å². The number of anilines is 1. The van der Waals surface area contributed by atoms with Gasteiger partial charge in [-0.3, -0.25) is 0 Å². The highest BCUT2D eigenvalue weighted by Crippen LogP contribution is 2.18. The molecule has 0 fully saturated rings. The Morgan fingerprint density at radius 2 is 1.94 bits per heavy atom. The first-order valence-corrected chi connectivity index (χ1v) is 6.77. The van der Waals surface area contributed by atoms with Crippen molar-refractivity contribution in [1.82, 2.24) is 4.98 Å². The molecule has 0 bridgehead atoms. The lowest BCUT2D eigenvalue weighted by Crippen LogP contribution is -2.31. The van der Waals surface area contributed by atoms with Gasteiger partial charge in [0, 0.05) is 17.3 Å². The van der Waals surface area contributed by atoms with Crippen LogP contribution in [0.5, 0.6) is 0 Å². The minimum atomic E-state index is -2.36. The van der Waals surface area contributed by atoms with Crippen molar-refractivity contribution in [2.24, 2.45) is 0 Å². The van der Waals surface area contributed by atoms with Gasteiger partial charge in [-0.15, -0.1) is 0 Å². The van der Waals surface area contributed by atoms with E-state index in [-0.39, 0.29) is 6.54 Å². The fourth-order valence-corrected chi connectivity index (χ4v) is 2.23. The van der Waals surface area contributed by atoms with Crippen LogP contribution in [0, 0.1) is 0 Å². The molecule has 0 amide bonds. The number of halogens is 3. The first-order chi connectivity index (χ1) is 8.70. The molecule has 0 spiro atoms. The van der Waals surface area contributed by atoms with E-state index in [2.05, 4.69) is 20.9 Å². The van der Waals surface area contributed by atoms with Gasteiger partial charge in [-0.2, -0.15) is 0 Å². The maximum absolute atomic E-state index is 12.5. The number of rotatable bonds is 5. The number of para-hydroxylation sites is 1. The minimum Gasteiger partial charge on any atom is -0.350 e. The maximum atomic E-state index is 12.5. The highest BCUT2D eigenvalue weighted by atomic mass is 79.9. The van der Waals surface area contributed by atoms with Crippen molar-refractivity contribution in [1.29, 1.82) is 0 Å². The first-order valence-electron chi connectivity index (χ1n) is 5.65. The molecule has 2 rings (SSSR count). The molecule has 2 nitrogen and oxygen atoms in total. The zero-order valence-electron chi connectivity index (χ0n) is 9.69. The average Bonchev–Trinajstić information content (AvgIpc) is 2.37. The molecule has 0 aliphatic carbocycles. The Morgan fingerprint density at radius 3 is 2.67 bits per heavy atom. The smallest absolute Gasteiger partial charge is 0.255 e. The van der Waals surface area contributed by atoms with Gasteiger partial charge in [0.1, 0.15) is 5.82 Å². The fourth-order valence-electron chi connectivity index (χ4n) is 1.80. The van der Waals surface area contributed by atoms with E-state index in [4.69, 9.17) is 0 Å². The monoisotopic (exact) mass is 314 g/mol. The topological polar surface area (TPSA) is 16.1 Å². The second-order valence-corrected chi connectivity index (χ2v) is 4.68. The Kier molecular flexibility index (Phi) is 4.47. The van der Waals surface area contributed by atoms with Crippen molar-refractivity contribution in [3.05, 3.63) is 36.4 Å². The molecule has 1 aromatic heterocycles. The molecule has 0 atom stereocenters. The first kappa shape index (κ1) is 13.2. The van der Waals surface area contributed by atoms with Gasteiger partial charge in [-0.25, -0.2) is 13.8 Å². The SMILES string of the molecule is FC(F)CN(CCBr)c1ccc2ccccc2n1. The third kappa shape index (κ3) is 3.16. The second kappa shape index (κ2) is 6.09. The Hall–Kier alpha value is -1.23. The van der Waals surface area contributed by atoms with Gasteiger partial charge in [-0.1, -0.05) is 34.1 Å². The highest BCUT2D eigenvalue weighted by Gasteiger charge is 2.13. The Balaban J connectivity index is 2.31. The van der Waals surface area contributed by atoms with Crippen molar-refractivity contribution < 1.29 is 8.78 Å². The molecule has 0 saturated carbocycles. The molecule has 0 N–H and O–H groups in total. The predicted molar refractivity (Wildman–Crippen MR) is 73.8 cm³/mol. The van der Waals surface area contributed by atoms with Crippen LogP contribution in [0.2, 0.25) is 0 Å². The Bertz CT molecular complexity index is 519. The number of pyridine rings is 1. The third-order valence-corrected chi connectivity index (χ3v) is 2.98. The standard InChI is InChI=1S/C13H13BrF2N2/c14-7-8-18(9-12(15)16)13-6-5-10-3-1-2-4-11(10)17-13/h1-6,12H,7-9H2. The summed E-state index contributed by atoms with van der Waals surface area (Å²) in [6.07, 6.45) is -2.36. The number of benzene rings is 1. The summed E-state index contributed by atoms with van der Waals surface area (Å²) in [6, 6.07) is 11.3. The number of alkyl halides is 3. The van der Waals surface area contributed by atoms with Crippen molar-refractivity contribution in [2.75, 3.05) is 23.3 Å². The molecule has 0 saturated heterocycles. The van der Waals surface area contributed by atoms with E-state index in [9.17, 15) is 8.78 Å². The van der Waals surface area contributed by atoms with Crippen LogP contribution >= 0.6 is 15.9 Å². The van der Waals surface area contributed by atoms with Crippen molar-refractivity contribution in [2.45, 2.75) is 6.43 Å². The molecule has 0 unspecified atom stereocenters. The summed E-state index contributed by atoms with van der Waals surface area (Å²) in [5.41, 5.74) is 0.823. The molecule has 5 heteroatoms. The van der Waals surface area contributed by atoms with Crippen molar-refractivity contribution in [3.63, 3.8) is 0 Å². The molecule has 2 aromatic rings. The van der Waals surface area contributed by atoms with Crippen LogP contribution in [-0.4, -0.2) is 29.8 Å². The second-order valence-electron chi connectivity index (χ2n) is 3.89. The molecule has 1 aromatic carbocycles. The zero-order chi connectivity index (χ0) is 13.0. The number of hydrogen-bond donors (Lipinski definition) is 0.